The van der Waals surface area contributed by atoms with E-state index in [2.05, 4.69) is 0 Å². The molecular weight excluding hydrogens is 214 g/mol. The maximum absolute atomic E-state index is 11.2. The molecule has 0 saturated carbocycles. The first kappa shape index (κ1) is 12.9. The van der Waals surface area contributed by atoms with Crippen molar-refractivity contribution in [2.45, 2.75) is 38.2 Å². The van der Waals surface area contributed by atoms with Gasteiger partial charge in [-0.25, -0.2) is 16.8 Å². The van der Waals surface area contributed by atoms with Crippen LogP contribution in [-0.2, 0) is 20.0 Å². The Kier molecular flexibility index (Phi) is 3.89. The topological polar surface area (TPSA) is 80.3 Å². The van der Waals surface area contributed by atoms with Gasteiger partial charge in [-0.3, -0.25) is 0 Å². The summed E-state index contributed by atoms with van der Waals surface area (Å²) in [5.74, 6) is 0. The zero-order valence-electron chi connectivity index (χ0n) is 8.10. The molecule has 0 heterocycles. The van der Waals surface area contributed by atoms with E-state index in [-0.39, 0.29) is 0 Å². The van der Waals surface area contributed by atoms with Crippen molar-refractivity contribution in [1.29, 1.82) is 0 Å². The van der Waals surface area contributed by atoms with Crippen LogP contribution in [0.25, 0.3) is 0 Å². The molecule has 0 atom stereocenters. The monoisotopic (exact) mass is 229 g/mol. The summed E-state index contributed by atoms with van der Waals surface area (Å²) >= 11 is 0. The van der Waals surface area contributed by atoms with Crippen molar-refractivity contribution in [3.05, 3.63) is 0 Å². The Morgan fingerprint density at radius 3 is 1.15 bits per heavy atom. The van der Waals surface area contributed by atoms with Crippen LogP contribution >= 0.6 is 0 Å². The summed E-state index contributed by atoms with van der Waals surface area (Å²) in [6, 6.07) is 0. The summed E-state index contributed by atoms with van der Waals surface area (Å²) in [6.07, 6.45) is 0. The van der Waals surface area contributed by atoms with Gasteiger partial charge in [0.25, 0.3) is 0 Å². The van der Waals surface area contributed by atoms with E-state index in [1.807, 2.05) is 0 Å². The minimum Gasteiger partial charge on any atom is -0.211 e. The molecule has 80 valence electrons. The second-order valence-electron chi connectivity index (χ2n) is 3.27. The summed E-state index contributed by atoms with van der Waals surface area (Å²) in [7, 11) is -7.48. The Morgan fingerprint density at radius 1 is 0.769 bits per heavy atom. The van der Waals surface area contributed by atoms with E-state index in [1.54, 1.807) is 4.13 Å². The average Bonchev–Trinajstić information content (AvgIpc) is 1.83. The molecule has 0 unspecified atom stereocenters. The van der Waals surface area contributed by atoms with Gasteiger partial charge in [-0.05, 0) is 27.7 Å². The molecule has 13 heavy (non-hydrogen) atoms. The maximum atomic E-state index is 11.2. The van der Waals surface area contributed by atoms with Crippen molar-refractivity contribution < 1.29 is 16.8 Å². The van der Waals surface area contributed by atoms with Gasteiger partial charge in [0.1, 0.15) is 0 Å². The number of nitrogens with one attached hydrogen (secondary N) is 1. The molecule has 0 aromatic carbocycles. The zero-order chi connectivity index (χ0) is 10.9. The highest BCUT2D eigenvalue weighted by Crippen LogP contribution is 2.03. The van der Waals surface area contributed by atoms with Crippen molar-refractivity contribution in [2.75, 3.05) is 0 Å². The van der Waals surface area contributed by atoms with E-state index in [1.165, 1.54) is 27.7 Å². The average molecular weight is 229 g/mol. The van der Waals surface area contributed by atoms with E-state index in [9.17, 15) is 16.8 Å². The summed E-state index contributed by atoms with van der Waals surface area (Å²) in [6.45, 7) is 5.66. The first-order valence-corrected chi connectivity index (χ1v) is 6.95. The summed E-state index contributed by atoms with van der Waals surface area (Å²) < 4.78 is 46.3. The lowest BCUT2D eigenvalue weighted by Gasteiger charge is -2.11. The van der Waals surface area contributed by atoms with Crippen LogP contribution in [0.5, 0.6) is 0 Å². The lowest BCUT2D eigenvalue weighted by atomic mass is 10.6. The largest absolute Gasteiger partial charge is 0.226 e. The molecule has 0 radical (unpaired) electrons. The molecule has 5 nitrogen and oxygen atoms in total. The smallest absolute Gasteiger partial charge is 0.211 e. The third kappa shape index (κ3) is 3.61. The molecule has 0 rings (SSSR count). The van der Waals surface area contributed by atoms with Crippen molar-refractivity contribution in [2.24, 2.45) is 0 Å². The highest BCUT2D eigenvalue weighted by atomic mass is 32.3. The third-order valence-corrected chi connectivity index (χ3v) is 5.81. The SMILES string of the molecule is CC(C)S(=O)(=O)NS(=O)(=O)C(C)C. The molecule has 0 aliphatic heterocycles. The number of rotatable bonds is 4. The molecule has 0 aliphatic rings. The quantitative estimate of drug-likeness (QED) is 0.738. The first-order valence-electron chi connectivity index (χ1n) is 3.86. The van der Waals surface area contributed by atoms with Gasteiger partial charge < -0.3 is 0 Å². The van der Waals surface area contributed by atoms with Crippen LogP contribution in [0, 0.1) is 0 Å². The molecule has 1 N–H and O–H groups in total. The summed E-state index contributed by atoms with van der Waals surface area (Å²) in [4.78, 5) is 0. The van der Waals surface area contributed by atoms with E-state index in [4.69, 9.17) is 0 Å². The molecule has 0 bridgehead atoms. The Labute approximate surface area is 79.6 Å². The minimum atomic E-state index is -3.74. The van der Waals surface area contributed by atoms with Gasteiger partial charge in [0.05, 0.1) is 10.5 Å². The van der Waals surface area contributed by atoms with E-state index in [0.29, 0.717) is 0 Å². The van der Waals surface area contributed by atoms with Crippen LogP contribution in [-0.4, -0.2) is 27.3 Å². The van der Waals surface area contributed by atoms with Crippen LogP contribution in [0.15, 0.2) is 0 Å². The second-order valence-corrected chi connectivity index (χ2v) is 8.00. The fourth-order valence-electron chi connectivity index (χ4n) is 0.354. The van der Waals surface area contributed by atoms with Crippen molar-refractivity contribution in [1.82, 2.24) is 4.13 Å². The minimum absolute atomic E-state index is 0.749. The highest BCUT2D eigenvalue weighted by Gasteiger charge is 2.25. The van der Waals surface area contributed by atoms with Crippen molar-refractivity contribution in [3.8, 4) is 0 Å². The van der Waals surface area contributed by atoms with Gasteiger partial charge in [-0.2, -0.15) is 0 Å². The van der Waals surface area contributed by atoms with Crippen LogP contribution in [0.4, 0.5) is 0 Å². The molecular formula is C6H15NO4S2. The van der Waals surface area contributed by atoms with Crippen LogP contribution in [0.3, 0.4) is 0 Å². The zero-order valence-corrected chi connectivity index (χ0v) is 9.74. The standard InChI is InChI=1S/C6H15NO4S2/c1-5(2)12(8,9)7-13(10,11)6(3)4/h5-7H,1-4H3. The van der Waals surface area contributed by atoms with Crippen LogP contribution in [0.2, 0.25) is 0 Å². The van der Waals surface area contributed by atoms with E-state index < -0.39 is 30.5 Å². The summed E-state index contributed by atoms with van der Waals surface area (Å²) in [5.41, 5.74) is 0. The Bertz CT molecular complexity index is 316. The van der Waals surface area contributed by atoms with Gasteiger partial charge in [0.2, 0.25) is 20.0 Å². The van der Waals surface area contributed by atoms with Gasteiger partial charge in [0.15, 0.2) is 0 Å². The molecule has 0 aromatic heterocycles. The number of hydrogen-bond acceptors (Lipinski definition) is 4. The van der Waals surface area contributed by atoms with Crippen LogP contribution < -0.4 is 4.13 Å². The van der Waals surface area contributed by atoms with Gasteiger partial charge in [0, 0.05) is 0 Å². The lowest BCUT2D eigenvalue weighted by Crippen LogP contribution is -2.39. The van der Waals surface area contributed by atoms with Crippen LogP contribution in [0.1, 0.15) is 27.7 Å². The van der Waals surface area contributed by atoms with Gasteiger partial charge in [-0.15, -0.1) is 4.13 Å². The van der Waals surface area contributed by atoms with Gasteiger partial charge >= 0.3 is 0 Å². The molecule has 7 heteroatoms. The molecule has 0 aromatic rings. The fourth-order valence-corrected chi connectivity index (χ4v) is 3.19. The van der Waals surface area contributed by atoms with Gasteiger partial charge in [-0.1, -0.05) is 0 Å². The third-order valence-electron chi connectivity index (χ3n) is 1.47. The highest BCUT2D eigenvalue weighted by molar-refractivity contribution is 8.05. The fraction of sp³-hybridized carbons (Fsp3) is 1.00. The predicted octanol–water partition coefficient (Wildman–Crippen LogP) is 0.0524. The molecule has 0 amide bonds. The lowest BCUT2D eigenvalue weighted by molar-refractivity contribution is 0.567. The summed E-state index contributed by atoms with van der Waals surface area (Å²) in [5, 5.41) is -1.50. The first-order chi connectivity index (χ1) is 5.59. The Balaban J connectivity index is 4.86. The second kappa shape index (κ2) is 3.93. The Morgan fingerprint density at radius 2 is 1.00 bits per heavy atom. The van der Waals surface area contributed by atoms with E-state index in [0.717, 1.165) is 0 Å². The van der Waals surface area contributed by atoms with E-state index >= 15 is 0 Å². The Hall–Kier alpha value is -0.140. The molecule has 0 spiro atoms. The predicted molar refractivity (Wildman–Crippen MR) is 51.2 cm³/mol. The van der Waals surface area contributed by atoms with Crippen molar-refractivity contribution in [3.63, 3.8) is 0 Å². The maximum Gasteiger partial charge on any atom is 0.226 e. The molecule has 0 saturated heterocycles. The number of hydrogen-bond donors (Lipinski definition) is 1. The normalized spacial score (nSPS) is 14.0. The molecule has 0 aliphatic carbocycles. The van der Waals surface area contributed by atoms with Crippen molar-refractivity contribution >= 4 is 20.0 Å². The number of sulfonamides is 2. The molecule has 0 fully saturated rings.